The number of benzene rings is 1. The fourth-order valence-electron chi connectivity index (χ4n) is 4.32. The van der Waals surface area contributed by atoms with Crippen molar-refractivity contribution in [1.82, 2.24) is 20.0 Å². The molecule has 154 valence electrons. The zero-order valence-corrected chi connectivity index (χ0v) is 17.0. The Hall–Kier alpha value is -3.06. The number of amides is 1. The molecule has 1 fully saturated rings. The molecule has 2 aliphatic heterocycles. The van der Waals surface area contributed by atoms with Gasteiger partial charge in [-0.2, -0.15) is 0 Å². The molecular formula is C23H24N4O3. The number of carbonyl (C=O) groups is 1. The summed E-state index contributed by atoms with van der Waals surface area (Å²) in [5, 5.41) is 3.94. The van der Waals surface area contributed by atoms with Crippen LogP contribution in [0.5, 0.6) is 0 Å². The Morgan fingerprint density at radius 2 is 2.00 bits per heavy atom. The Bertz CT molecular complexity index is 1060. The van der Waals surface area contributed by atoms with Gasteiger partial charge in [0.05, 0.1) is 18.0 Å². The van der Waals surface area contributed by atoms with E-state index in [-0.39, 0.29) is 5.91 Å². The van der Waals surface area contributed by atoms with Gasteiger partial charge in [-0.05, 0) is 31.2 Å². The Morgan fingerprint density at radius 1 is 1.20 bits per heavy atom. The van der Waals surface area contributed by atoms with Crippen molar-refractivity contribution in [1.29, 1.82) is 0 Å². The van der Waals surface area contributed by atoms with E-state index >= 15 is 0 Å². The maximum atomic E-state index is 12.8. The molecule has 3 aromatic rings. The molecule has 0 saturated carbocycles. The molecule has 7 heteroatoms. The summed E-state index contributed by atoms with van der Waals surface area (Å²) in [7, 11) is 0. The highest BCUT2D eigenvalue weighted by atomic mass is 16.5. The summed E-state index contributed by atoms with van der Waals surface area (Å²) in [6.45, 7) is 3.81. The van der Waals surface area contributed by atoms with Crippen LogP contribution < -0.4 is 0 Å². The number of likely N-dealkylation sites (tertiary alicyclic amines) is 1. The Morgan fingerprint density at radius 3 is 2.73 bits per heavy atom. The Labute approximate surface area is 175 Å². The fourth-order valence-corrected chi connectivity index (χ4v) is 4.32. The highest BCUT2D eigenvalue weighted by Gasteiger charge is 2.43. The fraction of sp³-hybridized carbons (Fsp3) is 0.391. The van der Waals surface area contributed by atoms with Crippen molar-refractivity contribution < 1.29 is 14.1 Å². The number of ether oxygens (including phenoxy) is 1. The second kappa shape index (κ2) is 7.65. The Balaban J connectivity index is 1.39. The van der Waals surface area contributed by atoms with Gasteiger partial charge < -0.3 is 14.2 Å². The van der Waals surface area contributed by atoms with Crippen LogP contribution >= 0.6 is 0 Å². The van der Waals surface area contributed by atoms with Crippen LogP contribution in [0.15, 0.2) is 47.1 Å². The topological polar surface area (TPSA) is 81.4 Å². The molecule has 1 aromatic carbocycles. The van der Waals surface area contributed by atoms with Crippen LogP contribution in [0, 0.1) is 0 Å². The minimum Gasteiger partial charge on any atom is -0.368 e. The highest BCUT2D eigenvalue weighted by molar-refractivity contribution is 5.91. The lowest BCUT2D eigenvalue weighted by molar-refractivity contribution is -0.0969. The van der Waals surface area contributed by atoms with Gasteiger partial charge in [0.15, 0.2) is 5.82 Å². The number of piperidine rings is 1. The summed E-state index contributed by atoms with van der Waals surface area (Å²) in [5.74, 6) is 0.911. The molecule has 2 aliphatic rings. The van der Waals surface area contributed by atoms with Gasteiger partial charge in [-0.25, -0.2) is 9.97 Å². The first-order chi connectivity index (χ1) is 14.7. The first-order valence-electron chi connectivity index (χ1n) is 10.5. The molecule has 4 heterocycles. The Kier molecular flexibility index (Phi) is 4.83. The summed E-state index contributed by atoms with van der Waals surface area (Å²) in [6, 6.07) is 11.7. The van der Waals surface area contributed by atoms with Crippen molar-refractivity contribution in [2.24, 2.45) is 0 Å². The van der Waals surface area contributed by atoms with Gasteiger partial charge in [0.2, 0.25) is 5.76 Å². The van der Waals surface area contributed by atoms with E-state index in [4.69, 9.17) is 14.2 Å². The number of hydrogen-bond acceptors (Lipinski definition) is 6. The van der Waals surface area contributed by atoms with Crippen molar-refractivity contribution in [3.63, 3.8) is 0 Å². The van der Waals surface area contributed by atoms with Crippen molar-refractivity contribution >= 4 is 5.91 Å². The molecule has 2 aromatic heterocycles. The zero-order valence-electron chi connectivity index (χ0n) is 17.0. The van der Waals surface area contributed by atoms with Crippen LogP contribution in [-0.2, 0) is 23.2 Å². The maximum Gasteiger partial charge on any atom is 0.292 e. The first kappa shape index (κ1) is 18.9. The largest absolute Gasteiger partial charge is 0.368 e. The lowest BCUT2D eigenvalue weighted by Gasteiger charge is -2.43. The SMILES string of the molecule is CCc1cc(C(=O)N2CCC3(CC2)OCCc2cnc(-c4ccccc4)nc23)on1. The minimum absolute atomic E-state index is 0.110. The smallest absolute Gasteiger partial charge is 0.292 e. The number of aryl methyl sites for hydroxylation is 1. The maximum absolute atomic E-state index is 12.8. The van der Waals surface area contributed by atoms with Gasteiger partial charge in [0.1, 0.15) is 5.60 Å². The molecule has 7 nitrogen and oxygen atoms in total. The predicted molar refractivity (Wildman–Crippen MR) is 110 cm³/mol. The van der Waals surface area contributed by atoms with E-state index < -0.39 is 5.60 Å². The third-order valence-corrected chi connectivity index (χ3v) is 6.07. The number of hydrogen-bond donors (Lipinski definition) is 0. The van der Waals surface area contributed by atoms with E-state index in [1.165, 1.54) is 0 Å². The van der Waals surface area contributed by atoms with Crippen molar-refractivity contribution in [3.8, 4) is 11.4 Å². The van der Waals surface area contributed by atoms with E-state index in [0.717, 1.165) is 35.4 Å². The standard InChI is InChI=1S/C23H24N4O3/c1-2-18-14-19(30-26-18)22(28)27-11-9-23(10-12-27)20-17(8-13-29-23)15-24-21(25-20)16-6-4-3-5-7-16/h3-7,14-15H,2,8-13H2,1H3. The molecule has 0 atom stereocenters. The molecule has 0 unspecified atom stereocenters. The predicted octanol–water partition coefficient (Wildman–Crippen LogP) is 3.40. The zero-order chi connectivity index (χ0) is 20.6. The molecule has 0 bridgehead atoms. The summed E-state index contributed by atoms with van der Waals surface area (Å²) >= 11 is 0. The van der Waals surface area contributed by atoms with E-state index in [1.54, 1.807) is 6.07 Å². The summed E-state index contributed by atoms with van der Waals surface area (Å²) in [5.41, 5.74) is 3.44. The van der Waals surface area contributed by atoms with Crippen molar-refractivity contribution in [2.75, 3.05) is 19.7 Å². The average Bonchev–Trinajstić information content (AvgIpc) is 3.29. The minimum atomic E-state index is -0.465. The van der Waals surface area contributed by atoms with E-state index in [9.17, 15) is 4.79 Å². The second-order valence-corrected chi connectivity index (χ2v) is 7.85. The van der Waals surface area contributed by atoms with E-state index in [0.29, 0.717) is 44.1 Å². The molecule has 1 spiro atoms. The molecule has 30 heavy (non-hydrogen) atoms. The average molecular weight is 404 g/mol. The number of aromatic nitrogens is 3. The number of nitrogens with zero attached hydrogens (tertiary/aromatic N) is 4. The highest BCUT2D eigenvalue weighted by Crippen LogP contribution is 2.41. The van der Waals surface area contributed by atoms with Crippen LogP contribution in [0.4, 0.5) is 0 Å². The monoisotopic (exact) mass is 404 g/mol. The van der Waals surface area contributed by atoms with Crippen molar-refractivity contribution in [3.05, 3.63) is 65.3 Å². The lowest BCUT2D eigenvalue weighted by Crippen LogP contribution is -2.48. The number of fused-ring (bicyclic) bond motifs is 2. The van der Waals surface area contributed by atoms with Gasteiger partial charge in [-0.3, -0.25) is 4.79 Å². The molecule has 0 radical (unpaired) electrons. The van der Waals surface area contributed by atoms with Crippen LogP contribution in [-0.4, -0.2) is 45.6 Å². The third kappa shape index (κ3) is 3.29. The molecule has 0 aliphatic carbocycles. The van der Waals surface area contributed by atoms with Gasteiger partial charge in [-0.1, -0.05) is 42.4 Å². The lowest BCUT2D eigenvalue weighted by atomic mass is 9.83. The van der Waals surface area contributed by atoms with Crippen molar-refractivity contribution in [2.45, 2.75) is 38.2 Å². The molecule has 0 N–H and O–H groups in total. The van der Waals surface area contributed by atoms with Gasteiger partial charge in [-0.15, -0.1) is 0 Å². The summed E-state index contributed by atoms with van der Waals surface area (Å²) in [4.78, 5) is 24.1. The van der Waals surface area contributed by atoms with Gasteiger partial charge in [0.25, 0.3) is 5.91 Å². The van der Waals surface area contributed by atoms with E-state index in [2.05, 4.69) is 10.1 Å². The quantitative estimate of drug-likeness (QED) is 0.666. The molecule has 5 rings (SSSR count). The third-order valence-electron chi connectivity index (χ3n) is 6.07. The number of carbonyl (C=O) groups excluding carboxylic acids is 1. The first-order valence-corrected chi connectivity index (χ1v) is 10.5. The summed E-state index contributed by atoms with van der Waals surface area (Å²) in [6.07, 6.45) is 4.89. The number of rotatable bonds is 3. The van der Waals surface area contributed by atoms with Crippen LogP contribution in [0.2, 0.25) is 0 Å². The molecular weight excluding hydrogens is 380 g/mol. The molecule has 1 saturated heterocycles. The van der Waals surface area contributed by atoms with Crippen LogP contribution in [0.3, 0.4) is 0 Å². The summed E-state index contributed by atoms with van der Waals surface area (Å²) < 4.78 is 11.6. The second-order valence-electron chi connectivity index (χ2n) is 7.85. The van der Waals surface area contributed by atoms with Crippen LogP contribution in [0.25, 0.3) is 11.4 Å². The van der Waals surface area contributed by atoms with E-state index in [1.807, 2.05) is 48.4 Å². The van der Waals surface area contributed by atoms with Gasteiger partial charge >= 0.3 is 0 Å². The normalized spacial score (nSPS) is 17.7. The van der Waals surface area contributed by atoms with Gasteiger partial charge in [0, 0.05) is 30.9 Å². The van der Waals surface area contributed by atoms with Crippen LogP contribution in [0.1, 0.15) is 47.3 Å². The molecule has 1 amide bonds.